The number of rotatable bonds is 1. The summed E-state index contributed by atoms with van der Waals surface area (Å²) in [6, 6.07) is 12.7. The Kier molecular flexibility index (Phi) is 4.96. The fraction of sp³-hybridized carbons (Fsp3) is 0. The Morgan fingerprint density at radius 1 is 1.00 bits per heavy atom. The maximum Gasteiger partial charge on any atom is -0.00934 e. The first-order valence-electron chi connectivity index (χ1n) is 3.96. The molecule has 1 aromatic heterocycles. The van der Waals surface area contributed by atoms with Crippen molar-refractivity contribution < 1.29 is 4.21 Å². The van der Waals surface area contributed by atoms with Crippen LogP contribution in [0.25, 0.3) is 0 Å². The highest BCUT2D eigenvalue weighted by Crippen LogP contribution is 1.98. The Balaban J connectivity index is 0.000000165. The van der Waals surface area contributed by atoms with Gasteiger partial charge in [0.05, 0.1) is 0 Å². The van der Waals surface area contributed by atoms with Gasteiger partial charge in [-0.3, -0.25) is 0 Å². The Morgan fingerprint density at radius 3 is 1.86 bits per heavy atom. The zero-order valence-corrected chi connectivity index (χ0v) is 9.05. The Labute approximate surface area is 89.2 Å². The van der Waals surface area contributed by atoms with E-state index in [0.717, 1.165) is 0 Å². The van der Waals surface area contributed by atoms with Gasteiger partial charge < -0.3 is 8.99 Å². The lowest BCUT2D eigenvalue weighted by molar-refractivity contribution is 0.599. The predicted octanol–water partition coefficient (Wildman–Crippen LogP) is 3.52. The van der Waals surface area contributed by atoms with Crippen LogP contribution in [0.3, 0.4) is 0 Å². The van der Waals surface area contributed by atoms with Crippen molar-refractivity contribution in [3.8, 4) is 0 Å². The predicted molar refractivity (Wildman–Crippen MR) is 59.8 cm³/mol. The summed E-state index contributed by atoms with van der Waals surface area (Å²) in [6.45, 7) is 0. The molecule has 1 aromatic carbocycles. The topological polar surface area (TPSA) is 40.9 Å². The summed E-state index contributed by atoms with van der Waals surface area (Å²) >= 11 is 1.71. The van der Waals surface area contributed by atoms with Gasteiger partial charge in [-0.25, -0.2) is 0 Å². The van der Waals surface area contributed by atoms with Gasteiger partial charge in [0.15, 0.2) is 0 Å². The molecule has 14 heavy (non-hydrogen) atoms. The molecular weight excluding hydrogens is 214 g/mol. The van der Waals surface area contributed by atoms with Crippen LogP contribution < -0.4 is 0 Å². The van der Waals surface area contributed by atoms with Crippen LogP contribution in [0.1, 0.15) is 0 Å². The molecule has 1 heterocycles. The van der Waals surface area contributed by atoms with Gasteiger partial charge in [-0.15, -0.1) is 4.90 Å². The van der Waals surface area contributed by atoms with E-state index >= 15 is 0 Å². The van der Waals surface area contributed by atoms with E-state index in [2.05, 4.69) is 0 Å². The first-order chi connectivity index (χ1) is 6.80. The average molecular weight is 224 g/mol. The summed E-state index contributed by atoms with van der Waals surface area (Å²) in [5.41, 5.74) is 0. The monoisotopic (exact) mass is 224 g/mol. The van der Waals surface area contributed by atoms with Crippen LogP contribution in [0.2, 0.25) is 0 Å². The smallest absolute Gasteiger partial charge is 0.00934 e. The van der Waals surface area contributed by atoms with E-state index < -0.39 is 10.6 Å². The van der Waals surface area contributed by atoms with E-state index in [0.29, 0.717) is 4.90 Å². The molecule has 0 fully saturated rings. The average Bonchev–Trinajstić information content (AvgIpc) is 2.77. The second kappa shape index (κ2) is 6.34. The van der Waals surface area contributed by atoms with Gasteiger partial charge in [-0.05, 0) is 10.8 Å². The Hall–Kier alpha value is -1.13. The Bertz CT molecular complexity index is 382. The third kappa shape index (κ3) is 4.20. The molecule has 0 aliphatic rings. The third-order valence-electron chi connectivity index (χ3n) is 1.38. The first-order valence-corrected chi connectivity index (χ1v) is 6.05. The SMILES string of the molecule is N=[S-](=O)c1ccccc1.c1ccsc1. The lowest BCUT2D eigenvalue weighted by atomic mass is 10.4. The van der Waals surface area contributed by atoms with Gasteiger partial charge in [0.1, 0.15) is 0 Å². The summed E-state index contributed by atoms with van der Waals surface area (Å²) in [4.78, 5) is 0.553. The molecular formula is C10H10NOS2-. The number of benzene rings is 1. The molecule has 0 aliphatic carbocycles. The van der Waals surface area contributed by atoms with Crippen molar-refractivity contribution in [2.24, 2.45) is 0 Å². The first kappa shape index (κ1) is 10.9. The lowest BCUT2D eigenvalue weighted by Gasteiger charge is -1.97. The largest absolute Gasteiger partial charge is 0.440 e. The summed E-state index contributed by atoms with van der Waals surface area (Å²) in [5.74, 6) is 0. The second-order valence-electron chi connectivity index (χ2n) is 2.37. The number of hydrogen-bond donors (Lipinski definition) is 1. The van der Waals surface area contributed by atoms with Crippen LogP contribution in [0, 0.1) is 4.78 Å². The van der Waals surface area contributed by atoms with Crippen LogP contribution in [0.15, 0.2) is 58.1 Å². The zero-order chi connectivity index (χ0) is 10.2. The molecule has 2 nitrogen and oxygen atoms in total. The molecule has 1 N–H and O–H groups in total. The molecule has 0 spiro atoms. The fourth-order valence-corrected chi connectivity index (χ4v) is 1.63. The molecule has 2 aromatic rings. The van der Waals surface area contributed by atoms with E-state index in [1.165, 1.54) is 0 Å². The summed E-state index contributed by atoms with van der Waals surface area (Å²) in [6.07, 6.45) is 0. The van der Waals surface area contributed by atoms with Gasteiger partial charge in [0, 0.05) is 0 Å². The molecule has 0 atom stereocenters. The van der Waals surface area contributed by atoms with Crippen molar-refractivity contribution in [2.45, 2.75) is 4.90 Å². The molecule has 0 saturated heterocycles. The van der Waals surface area contributed by atoms with E-state index in [9.17, 15) is 4.21 Å². The number of thiophene rings is 1. The molecule has 0 amide bonds. The van der Waals surface area contributed by atoms with Crippen LogP contribution >= 0.6 is 11.3 Å². The van der Waals surface area contributed by atoms with Crippen LogP contribution in [0.4, 0.5) is 0 Å². The van der Waals surface area contributed by atoms with Crippen molar-refractivity contribution in [3.05, 3.63) is 53.2 Å². The standard InChI is InChI=1S/C6H6NOS.C4H4S/c7-9(8)6-4-2-1-3-5-6;1-2-4-5-3-1/h1-5,7H;1-4H/q-1;. The molecule has 4 heteroatoms. The molecule has 0 saturated carbocycles. The molecule has 0 unspecified atom stereocenters. The van der Waals surface area contributed by atoms with Crippen LogP contribution in [0.5, 0.6) is 0 Å². The van der Waals surface area contributed by atoms with Crippen LogP contribution in [-0.4, -0.2) is 0 Å². The third-order valence-corrected chi connectivity index (χ3v) is 2.71. The van der Waals surface area contributed by atoms with Crippen molar-refractivity contribution in [3.63, 3.8) is 0 Å². The van der Waals surface area contributed by atoms with E-state index in [4.69, 9.17) is 4.78 Å². The highest BCUT2D eigenvalue weighted by Gasteiger charge is 1.74. The summed E-state index contributed by atoms with van der Waals surface area (Å²) < 4.78 is 17.2. The van der Waals surface area contributed by atoms with Gasteiger partial charge in [0.25, 0.3) is 0 Å². The summed E-state index contributed by atoms with van der Waals surface area (Å²) in [7, 11) is -1.58. The van der Waals surface area contributed by atoms with Gasteiger partial charge >= 0.3 is 0 Å². The second-order valence-corrected chi connectivity index (χ2v) is 4.20. The molecule has 0 bridgehead atoms. The van der Waals surface area contributed by atoms with E-state index in [-0.39, 0.29) is 0 Å². The van der Waals surface area contributed by atoms with Gasteiger partial charge in [-0.2, -0.15) is 21.9 Å². The highest BCUT2D eigenvalue weighted by molar-refractivity contribution is 7.73. The van der Waals surface area contributed by atoms with Gasteiger partial charge in [-0.1, -0.05) is 42.5 Å². The van der Waals surface area contributed by atoms with Crippen molar-refractivity contribution in [2.75, 3.05) is 0 Å². The number of nitrogens with one attached hydrogen (secondary N) is 1. The quantitative estimate of drug-likeness (QED) is 0.740. The Morgan fingerprint density at radius 2 is 1.57 bits per heavy atom. The van der Waals surface area contributed by atoms with Gasteiger partial charge in [0.2, 0.25) is 0 Å². The van der Waals surface area contributed by atoms with Crippen molar-refractivity contribution >= 4 is 21.9 Å². The highest BCUT2D eigenvalue weighted by atomic mass is 32.2. The number of hydrogen-bond acceptors (Lipinski definition) is 4. The molecule has 0 aliphatic heterocycles. The minimum absolute atomic E-state index is 0.553. The van der Waals surface area contributed by atoms with Crippen LogP contribution in [-0.2, 0) is 14.8 Å². The van der Waals surface area contributed by atoms with E-state index in [1.807, 2.05) is 29.0 Å². The minimum Gasteiger partial charge on any atom is -0.440 e. The maximum atomic E-state index is 10.4. The molecule has 74 valence electrons. The molecule has 0 radical (unpaired) electrons. The lowest BCUT2D eigenvalue weighted by Crippen LogP contribution is -1.72. The fourth-order valence-electron chi connectivity index (χ4n) is 0.771. The van der Waals surface area contributed by atoms with Crippen molar-refractivity contribution in [1.29, 1.82) is 4.78 Å². The van der Waals surface area contributed by atoms with Crippen molar-refractivity contribution in [1.82, 2.24) is 0 Å². The maximum absolute atomic E-state index is 10.4. The molecule has 2 rings (SSSR count). The summed E-state index contributed by atoms with van der Waals surface area (Å²) in [5, 5.41) is 4.08. The zero-order valence-electron chi connectivity index (χ0n) is 7.42. The van der Waals surface area contributed by atoms with E-state index in [1.54, 1.807) is 35.6 Å². The minimum atomic E-state index is -1.58. The normalized spacial score (nSPS) is 9.21.